The van der Waals surface area contributed by atoms with E-state index in [0.717, 1.165) is 28.8 Å². The van der Waals surface area contributed by atoms with Crippen molar-refractivity contribution in [3.05, 3.63) is 101 Å². The summed E-state index contributed by atoms with van der Waals surface area (Å²) in [5.74, 6) is -0.791. The van der Waals surface area contributed by atoms with Crippen molar-refractivity contribution >= 4 is 11.8 Å². The summed E-state index contributed by atoms with van der Waals surface area (Å²) in [4.78, 5) is 35.0. The predicted octanol–water partition coefficient (Wildman–Crippen LogP) is 1.70. The molecule has 9 heteroatoms. The number of nitrogens with zero attached hydrogens (tertiary/aromatic N) is 3. The van der Waals surface area contributed by atoms with Gasteiger partial charge in [-0.2, -0.15) is 0 Å². The number of piperazine rings is 1. The molecule has 2 aliphatic rings. The number of β-amino-alcohol motifs (C(OH)–C–C–N with tert-alkyl or cyclic N) is 1. The molecule has 0 saturated carbocycles. The maximum absolute atomic E-state index is 13.7. The van der Waals surface area contributed by atoms with Gasteiger partial charge in [-0.3, -0.25) is 24.4 Å². The first kappa shape index (κ1) is 29.8. The van der Waals surface area contributed by atoms with Crippen LogP contribution < -0.4 is 10.6 Å². The number of fused-ring (bicyclic) bond motifs is 1. The molecule has 1 aromatic heterocycles. The number of rotatable bonds is 11. The van der Waals surface area contributed by atoms with Crippen molar-refractivity contribution in [3.8, 4) is 0 Å². The average molecular weight is 572 g/mol. The summed E-state index contributed by atoms with van der Waals surface area (Å²) in [6.07, 6.45) is 3.28. The molecule has 1 aliphatic carbocycles. The zero-order valence-corrected chi connectivity index (χ0v) is 24.1. The lowest BCUT2D eigenvalue weighted by molar-refractivity contribution is -0.131. The highest BCUT2D eigenvalue weighted by molar-refractivity contribution is 5.82. The van der Waals surface area contributed by atoms with E-state index in [4.69, 9.17) is 0 Å². The van der Waals surface area contributed by atoms with Crippen LogP contribution in [0.5, 0.6) is 0 Å². The van der Waals surface area contributed by atoms with Crippen LogP contribution in [0.2, 0.25) is 0 Å². The largest absolute Gasteiger partial charge is 0.392 e. The molecule has 5 unspecified atom stereocenters. The Balaban J connectivity index is 1.26. The Bertz CT molecular complexity index is 1320. The maximum Gasteiger partial charge on any atom is 0.238 e. The summed E-state index contributed by atoms with van der Waals surface area (Å²) in [7, 11) is 1.63. The van der Waals surface area contributed by atoms with Crippen molar-refractivity contribution in [1.82, 2.24) is 25.4 Å². The third kappa shape index (κ3) is 7.41. The molecule has 5 rings (SSSR count). The molecule has 2 aromatic carbocycles. The van der Waals surface area contributed by atoms with Crippen LogP contribution >= 0.6 is 0 Å². The van der Waals surface area contributed by atoms with Gasteiger partial charge in [-0.15, -0.1) is 0 Å². The van der Waals surface area contributed by atoms with Gasteiger partial charge in [-0.25, -0.2) is 0 Å². The lowest BCUT2D eigenvalue weighted by Gasteiger charge is -2.41. The number of likely N-dealkylation sites (N-methyl/N-ethyl adjacent to an activating group) is 1. The van der Waals surface area contributed by atoms with E-state index >= 15 is 0 Å². The fourth-order valence-electron chi connectivity index (χ4n) is 6.28. The number of aliphatic hydroxyl groups is 2. The molecule has 0 spiro atoms. The molecule has 42 heavy (non-hydrogen) atoms. The Morgan fingerprint density at radius 3 is 2.55 bits per heavy atom. The Hall–Kier alpha value is -3.63. The van der Waals surface area contributed by atoms with Crippen LogP contribution in [0.4, 0.5) is 0 Å². The Kier molecular flexibility index (Phi) is 9.97. The molecule has 1 aliphatic heterocycles. The van der Waals surface area contributed by atoms with Gasteiger partial charge in [0.25, 0.3) is 0 Å². The third-order valence-corrected chi connectivity index (χ3v) is 8.45. The van der Waals surface area contributed by atoms with Gasteiger partial charge in [0.05, 0.1) is 18.2 Å². The lowest BCUT2D eigenvalue weighted by Crippen LogP contribution is -2.59. The quantitative estimate of drug-likeness (QED) is 0.277. The smallest absolute Gasteiger partial charge is 0.238 e. The van der Waals surface area contributed by atoms with E-state index in [2.05, 4.69) is 20.5 Å². The number of carbonyl (C=O) groups is 2. The van der Waals surface area contributed by atoms with Gasteiger partial charge in [0.1, 0.15) is 6.04 Å². The number of benzene rings is 2. The SMILES string of the molecule is CNC(=O)C1CN(Cc2cccnc2)CCN1CC(O)CC(Cc1ccccc1)C(=O)NC1c2ccccc2CC1O. The summed E-state index contributed by atoms with van der Waals surface area (Å²) in [6, 6.07) is 20.6. The minimum atomic E-state index is -0.817. The van der Waals surface area contributed by atoms with E-state index in [-0.39, 0.29) is 24.8 Å². The van der Waals surface area contributed by atoms with E-state index in [1.807, 2.05) is 77.8 Å². The van der Waals surface area contributed by atoms with Crippen LogP contribution in [0, 0.1) is 5.92 Å². The second-order valence-electron chi connectivity index (χ2n) is 11.5. The molecule has 0 bridgehead atoms. The van der Waals surface area contributed by atoms with E-state index in [1.165, 1.54) is 0 Å². The highest BCUT2D eigenvalue weighted by Crippen LogP contribution is 2.32. The highest BCUT2D eigenvalue weighted by atomic mass is 16.3. The zero-order chi connectivity index (χ0) is 29.5. The number of aromatic nitrogens is 1. The van der Waals surface area contributed by atoms with Crippen molar-refractivity contribution in [2.75, 3.05) is 33.2 Å². The molecule has 4 N–H and O–H groups in total. The van der Waals surface area contributed by atoms with Crippen LogP contribution in [-0.2, 0) is 29.0 Å². The van der Waals surface area contributed by atoms with Crippen LogP contribution in [0.25, 0.3) is 0 Å². The minimum Gasteiger partial charge on any atom is -0.392 e. The molecule has 5 atom stereocenters. The fourth-order valence-corrected chi connectivity index (χ4v) is 6.28. The minimum absolute atomic E-state index is 0.0921. The number of pyridine rings is 1. The van der Waals surface area contributed by atoms with Gasteiger partial charge < -0.3 is 20.8 Å². The summed E-state index contributed by atoms with van der Waals surface area (Å²) in [5.41, 5.74) is 4.07. The van der Waals surface area contributed by atoms with Gasteiger partial charge in [0, 0.05) is 64.5 Å². The Morgan fingerprint density at radius 2 is 1.79 bits per heavy atom. The fraction of sp³-hybridized carbons (Fsp3) is 0.424. The summed E-state index contributed by atoms with van der Waals surface area (Å²) >= 11 is 0. The van der Waals surface area contributed by atoms with E-state index in [0.29, 0.717) is 32.5 Å². The van der Waals surface area contributed by atoms with Crippen molar-refractivity contribution in [2.24, 2.45) is 5.92 Å². The van der Waals surface area contributed by atoms with Gasteiger partial charge >= 0.3 is 0 Å². The van der Waals surface area contributed by atoms with Crippen molar-refractivity contribution in [3.63, 3.8) is 0 Å². The van der Waals surface area contributed by atoms with E-state index < -0.39 is 30.2 Å². The van der Waals surface area contributed by atoms with Crippen LogP contribution in [0.15, 0.2) is 79.1 Å². The van der Waals surface area contributed by atoms with Crippen LogP contribution in [0.3, 0.4) is 0 Å². The van der Waals surface area contributed by atoms with Gasteiger partial charge in [0.2, 0.25) is 11.8 Å². The first-order chi connectivity index (χ1) is 20.4. The molecular weight excluding hydrogens is 530 g/mol. The summed E-state index contributed by atoms with van der Waals surface area (Å²) < 4.78 is 0. The summed E-state index contributed by atoms with van der Waals surface area (Å²) in [6.45, 7) is 2.89. The average Bonchev–Trinajstić information content (AvgIpc) is 3.32. The number of hydrogen-bond donors (Lipinski definition) is 4. The zero-order valence-electron chi connectivity index (χ0n) is 24.1. The number of aliphatic hydroxyl groups excluding tert-OH is 2. The molecule has 222 valence electrons. The number of nitrogens with one attached hydrogen (secondary N) is 2. The molecule has 9 nitrogen and oxygen atoms in total. The van der Waals surface area contributed by atoms with E-state index in [1.54, 1.807) is 13.2 Å². The van der Waals surface area contributed by atoms with Crippen LogP contribution in [0.1, 0.15) is 34.7 Å². The topological polar surface area (TPSA) is 118 Å². The Labute approximate surface area is 247 Å². The second kappa shape index (κ2) is 14.0. The van der Waals surface area contributed by atoms with Crippen molar-refractivity contribution in [2.45, 2.75) is 50.1 Å². The van der Waals surface area contributed by atoms with Crippen molar-refractivity contribution in [1.29, 1.82) is 0 Å². The summed E-state index contributed by atoms with van der Waals surface area (Å²) in [5, 5.41) is 27.9. The molecule has 1 fully saturated rings. The standard InChI is InChI=1S/C33H41N5O4/c1-34-33(42)29-22-37(20-24-10-7-13-35-19-24)14-15-38(29)21-27(39)17-26(16-23-8-3-2-4-9-23)32(41)36-31-28-12-6-5-11-25(28)18-30(31)40/h2-13,19,26-27,29-31,39-40H,14-18,20-22H2,1H3,(H,34,42)(H,36,41). The predicted molar refractivity (Wildman–Crippen MR) is 160 cm³/mol. The first-order valence-electron chi connectivity index (χ1n) is 14.8. The normalized spacial score (nSPS) is 22.2. The molecule has 3 aromatic rings. The van der Waals surface area contributed by atoms with Crippen molar-refractivity contribution < 1.29 is 19.8 Å². The monoisotopic (exact) mass is 571 g/mol. The first-order valence-corrected chi connectivity index (χ1v) is 14.8. The van der Waals surface area contributed by atoms with Gasteiger partial charge in [0.15, 0.2) is 0 Å². The highest BCUT2D eigenvalue weighted by Gasteiger charge is 2.36. The Morgan fingerprint density at radius 1 is 1.02 bits per heavy atom. The molecule has 0 radical (unpaired) electrons. The molecule has 1 saturated heterocycles. The molecule has 2 amide bonds. The maximum atomic E-state index is 13.7. The van der Waals surface area contributed by atoms with Crippen LogP contribution in [-0.4, -0.2) is 88.3 Å². The lowest BCUT2D eigenvalue weighted by atomic mass is 9.91. The van der Waals surface area contributed by atoms with Gasteiger partial charge in [-0.05, 0) is 41.2 Å². The molecule has 2 heterocycles. The van der Waals surface area contributed by atoms with Gasteiger partial charge in [-0.1, -0.05) is 60.7 Å². The third-order valence-electron chi connectivity index (χ3n) is 8.45. The van der Waals surface area contributed by atoms with E-state index in [9.17, 15) is 19.8 Å². The number of amides is 2. The second-order valence-corrected chi connectivity index (χ2v) is 11.5. The molecular formula is C33H41N5O4. The number of hydrogen-bond acceptors (Lipinski definition) is 7. The number of carbonyl (C=O) groups excluding carboxylic acids is 2.